The maximum absolute atomic E-state index is 11.9. The maximum atomic E-state index is 11.9. The Hall–Kier alpha value is -1.84. The van der Waals surface area contributed by atoms with Crippen LogP contribution in [-0.4, -0.2) is 22.5 Å². The van der Waals surface area contributed by atoms with E-state index in [1.807, 2.05) is 31.2 Å². The normalized spacial score (nSPS) is 16.7. The second kappa shape index (κ2) is 4.80. The molecule has 1 amide bonds. The third-order valence-corrected chi connectivity index (χ3v) is 3.61. The first-order valence-electron chi connectivity index (χ1n) is 6.12. The Labute approximate surface area is 106 Å². The Kier molecular flexibility index (Phi) is 3.36. The van der Waals surface area contributed by atoms with Crippen LogP contribution in [0.15, 0.2) is 24.3 Å². The highest BCUT2D eigenvalue weighted by molar-refractivity contribution is 5.88. The molecular weight excluding hydrogens is 230 g/mol. The number of carbonyl (C=O) groups excluding carboxylic acids is 1. The summed E-state index contributed by atoms with van der Waals surface area (Å²) in [5, 5.41) is 11.8. The number of rotatable bonds is 4. The van der Waals surface area contributed by atoms with Crippen molar-refractivity contribution in [3.63, 3.8) is 0 Å². The van der Waals surface area contributed by atoms with Gasteiger partial charge in [-0.1, -0.05) is 24.3 Å². The first-order chi connectivity index (χ1) is 8.53. The van der Waals surface area contributed by atoms with Crippen molar-refractivity contribution in [1.82, 2.24) is 5.32 Å². The average Bonchev–Trinajstić information content (AvgIpc) is 2.26. The van der Waals surface area contributed by atoms with E-state index >= 15 is 0 Å². The smallest absolute Gasteiger partial charge is 0.329 e. The van der Waals surface area contributed by atoms with E-state index in [2.05, 4.69) is 5.32 Å². The molecule has 1 aliphatic carbocycles. The third kappa shape index (κ3) is 2.37. The van der Waals surface area contributed by atoms with E-state index in [1.165, 1.54) is 0 Å². The van der Waals surface area contributed by atoms with E-state index in [-0.39, 0.29) is 12.3 Å². The van der Waals surface area contributed by atoms with Gasteiger partial charge < -0.3 is 10.4 Å². The van der Waals surface area contributed by atoms with Crippen LogP contribution in [-0.2, 0) is 16.0 Å². The fourth-order valence-corrected chi connectivity index (χ4v) is 2.22. The van der Waals surface area contributed by atoms with Crippen LogP contribution in [0.4, 0.5) is 0 Å². The molecule has 1 saturated carbocycles. The van der Waals surface area contributed by atoms with Crippen LogP contribution in [0.3, 0.4) is 0 Å². The van der Waals surface area contributed by atoms with Gasteiger partial charge in [0.05, 0.1) is 6.42 Å². The Morgan fingerprint density at radius 2 is 2.00 bits per heavy atom. The third-order valence-electron chi connectivity index (χ3n) is 3.61. The Morgan fingerprint density at radius 1 is 1.33 bits per heavy atom. The van der Waals surface area contributed by atoms with E-state index in [0.717, 1.165) is 17.5 Å². The number of hydrogen-bond donors (Lipinski definition) is 2. The number of carboxylic acids is 1. The van der Waals surface area contributed by atoms with Crippen molar-refractivity contribution < 1.29 is 14.7 Å². The highest BCUT2D eigenvalue weighted by Crippen LogP contribution is 2.32. The lowest BCUT2D eigenvalue weighted by atomic mass is 9.76. The topological polar surface area (TPSA) is 66.4 Å². The standard InChI is InChI=1S/C14H17NO3/c1-10-5-2-3-6-11(10)9-12(16)15-14(13(17)18)7-4-8-14/h2-3,5-6H,4,7-9H2,1H3,(H,15,16)(H,17,18). The monoisotopic (exact) mass is 247 g/mol. The molecule has 0 bridgehead atoms. The number of aliphatic carboxylic acids is 1. The molecule has 4 heteroatoms. The van der Waals surface area contributed by atoms with Gasteiger partial charge in [-0.3, -0.25) is 4.79 Å². The number of benzene rings is 1. The van der Waals surface area contributed by atoms with Crippen molar-refractivity contribution in [3.05, 3.63) is 35.4 Å². The van der Waals surface area contributed by atoms with Gasteiger partial charge in [-0.25, -0.2) is 4.79 Å². The number of nitrogens with one attached hydrogen (secondary N) is 1. The molecule has 0 heterocycles. The van der Waals surface area contributed by atoms with Gasteiger partial charge in [0.15, 0.2) is 0 Å². The molecule has 96 valence electrons. The highest BCUT2D eigenvalue weighted by Gasteiger charge is 2.45. The highest BCUT2D eigenvalue weighted by atomic mass is 16.4. The van der Waals surface area contributed by atoms with E-state index in [4.69, 9.17) is 5.11 Å². The minimum absolute atomic E-state index is 0.216. The lowest BCUT2D eigenvalue weighted by molar-refractivity contribution is -0.151. The molecule has 0 atom stereocenters. The van der Waals surface area contributed by atoms with Gasteiger partial charge in [-0.05, 0) is 37.3 Å². The SMILES string of the molecule is Cc1ccccc1CC(=O)NC1(C(=O)O)CCC1. The summed E-state index contributed by atoms with van der Waals surface area (Å²) in [5.41, 5.74) is 0.972. The Morgan fingerprint density at radius 3 is 2.50 bits per heavy atom. The molecule has 1 aliphatic rings. The van der Waals surface area contributed by atoms with Crippen molar-refractivity contribution in [3.8, 4) is 0 Å². The van der Waals surface area contributed by atoms with E-state index in [0.29, 0.717) is 12.8 Å². The molecule has 0 aliphatic heterocycles. The van der Waals surface area contributed by atoms with Crippen LogP contribution in [0.1, 0.15) is 30.4 Å². The van der Waals surface area contributed by atoms with Crippen LogP contribution in [0.25, 0.3) is 0 Å². The van der Waals surface area contributed by atoms with Crippen molar-refractivity contribution >= 4 is 11.9 Å². The number of hydrogen-bond acceptors (Lipinski definition) is 2. The molecule has 0 saturated heterocycles. The van der Waals surface area contributed by atoms with Gasteiger partial charge in [0.1, 0.15) is 5.54 Å². The zero-order chi connectivity index (χ0) is 13.2. The summed E-state index contributed by atoms with van der Waals surface area (Å²) < 4.78 is 0. The van der Waals surface area contributed by atoms with Crippen LogP contribution in [0.2, 0.25) is 0 Å². The molecule has 2 N–H and O–H groups in total. The van der Waals surface area contributed by atoms with Crippen molar-refractivity contribution in [2.45, 2.75) is 38.1 Å². The van der Waals surface area contributed by atoms with Gasteiger partial charge in [0.2, 0.25) is 5.91 Å². The summed E-state index contributed by atoms with van der Waals surface area (Å²) in [6.07, 6.45) is 2.16. The summed E-state index contributed by atoms with van der Waals surface area (Å²) in [5.74, 6) is -1.14. The molecule has 0 aromatic heterocycles. The molecule has 0 radical (unpaired) electrons. The van der Waals surface area contributed by atoms with E-state index < -0.39 is 11.5 Å². The first kappa shape index (κ1) is 12.6. The first-order valence-corrected chi connectivity index (χ1v) is 6.12. The zero-order valence-corrected chi connectivity index (χ0v) is 10.4. The second-order valence-electron chi connectivity index (χ2n) is 4.89. The Bertz CT molecular complexity index is 478. The van der Waals surface area contributed by atoms with Crippen LogP contribution < -0.4 is 5.32 Å². The summed E-state index contributed by atoms with van der Waals surface area (Å²) in [7, 11) is 0. The second-order valence-corrected chi connectivity index (χ2v) is 4.89. The molecule has 1 aromatic rings. The molecule has 0 unspecified atom stereocenters. The molecular formula is C14H17NO3. The summed E-state index contributed by atoms with van der Waals surface area (Å²) >= 11 is 0. The summed E-state index contributed by atoms with van der Waals surface area (Å²) in [6, 6.07) is 7.63. The van der Waals surface area contributed by atoms with Gasteiger partial charge in [-0.15, -0.1) is 0 Å². The van der Waals surface area contributed by atoms with Crippen LogP contribution in [0, 0.1) is 6.92 Å². The molecule has 0 spiro atoms. The average molecular weight is 247 g/mol. The molecule has 1 aromatic carbocycles. The fraction of sp³-hybridized carbons (Fsp3) is 0.429. The maximum Gasteiger partial charge on any atom is 0.329 e. The van der Waals surface area contributed by atoms with Crippen LogP contribution in [0.5, 0.6) is 0 Å². The van der Waals surface area contributed by atoms with E-state index in [9.17, 15) is 9.59 Å². The largest absolute Gasteiger partial charge is 0.480 e. The summed E-state index contributed by atoms with van der Waals surface area (Å²) in [6.45, 7) is 1.94. The lowest BCUT2D eigenvalue weighted by Crippen LogP contribution is -2.59. The van der Waals surface area contributed by atoms with Crippen LogP contribution >= 0.6 is 0 Å². The predicted octanol–water partition coefficient (Wildman–Crippen LogP) is 1.66. The van der Waals surface area contributed by atoms with Crippen molar-refractivity contribution in [2.24, 2.45) is 0 Å². The number of carboxylic acid groups (broad SMARTS) is 1. The zero-order valence-electron chi connectivity index (χ0n) is 10.4. The van der Waals surface area contributed by atoms with Gasteiger partial charge >= 0.3 is 5.97 Å². The minimum atomic E-state index is -1.01. The van der Waals surface area contributed by atoms with Gasteiger partial charge in [0, 0.05) is 0 Å². The molecule has 2 rings (SSSR count). The van der Waals surface area contributed by atoms with Crippen molar-refractivity contribution in [1.29, 1.82) is 0 Å². The fourth-order valence-electron chi connectivity index (χ4n) is 2.22. The molecule has 1 fully saturated rings. The Balaban J connectivity index is 2.01. The lowest BCUT2D eigenvalue weighted by Gasteiger charge is -2.38. The predicted molar refractivity (Wildman–Crippen MR) is 67.2 cm³/mol. The quantitative estimate of drug-likeness (QED) is 0.850. The number of carbonyl (C=O) groups is 2. The molecule has 18 heavy (non-hydrogen) atoms. The molecule has 4 nitrogen and oxygen atoms in total. The summed E-state index contributed by atoms with van der Waals surface area (Å²) in [4.78, 5) is 23.0. The number of amides is 1. The van der Waals surface area contributed by atoms with E-state index in [1.54, 1.807) is 0 Å². The van der Waals surface area contributed by atoms with Crippen molar-refractivity contribution in [2.75, 3.05) is 0 Å². The minimum Gasteiger partial charge on any atom is -0.480 e. The van der Waals surface area contributed by atoms with Gasteiger partial charge in [-0.2, -0.15) is 0 Å². The van der Waals surface area contributed by atoms with Gasteiger partial charge in [0.25, 0.3) is 0 Å². The number of aryl methyl sites for hydroxylation is 1.